The first-order chi connectivity index (χ1) is 10.0. The number of fused-ring (bicyclic) bond motifs is 1. The summed E-state index contributed by atoms with van der Waals surface area (Å²) < 4.78 is 30.1. The zero-order valence-corrected chi connectivity index (χ0v) is 13.2. The number of imidazole rings is 1. The van der Waals surface area contributed by atoms with E-state index in [9.17, 15) is 8.78 Å². The van der Waals surface area contributed by atoms with Crippen molar-refractivity contribution in [2.45, 2.75) is 50.6 Å². The molecule has 0 amide bonds. The lowest BCUT2D eigenvalue weighted by atomic mass is 10.1. The second kappa shape index (κ2) is 6.01. The van der Waals surface area contributed by atoms with Crippen LogP contribution in [-0.4, -0.2) is 21.3 Å². The molecule has 2 aromatic rings. The molecule has 1 aliphatic rings. The summed E-state index contributed by atoms with van der Waals surface area (Å²) in [5, 5.41) is 3.24. The van der Waals surface area contributed by atoms with Crippen LogP contribution in [-0.2, 0) is 6.54 Å². The predicted octanol–water partition coefficient (Wildman–Crippen LogP) is 4.15. The number of hydrogen-bond donors (Lipinski definition) is 1. The van der Waals surface area contributed by atoms with Crippen LogP contribution in [0.2, 0.25) is 0 Å². The zero-order valence-electron chi connectivity index (χ0n) is 11.7. The van der Waals surface area contributed by atoms with E-state index in [0.717, 1.165) is 28.7 Å². The molecule has 1 saturated carbocycles. The summed E-state index contributed by atoms with van der Waals surface area (Å²) in [5.74, 6) is -2.53. The monoisotopic (exact) mass is 357 g/mol. The maximum atomic E-state index is 13.6. The van der Waals surface area contributed by atoms with Crippen LogP contribution >= 0.6 is 15.9 Å². The minimum absolute atomic E-state index is 0.0214. The fraction of sp³-hybridized carbons (Fsp3) is 0.533. The second-order valence-electron chi connectivity index (χ2n) is 5.73. The van der Waals surface area contributed by atoms with Crippen LogP contribution in [0.15, 0.2) is 29.0 Å². The van der Waals surface area contributed by atoms with E-state index in [-0.39, 0.29) is 18.9 Å². The van der Waals surface area contributed by atoms with E-state index in [1.54, 1.807) is 0 Å². The third-order valence-electron chi connectivity index (χ3n) is 3.93. The number of hydrogen-bond acceptors (Lipinski definition) is 2. The molecule has 3 rings (SSSR count). The lowest BCUT2D eigenvalue weighted by Gasteiger charge is -2.20. The molecule has 1 aliphatic carbocycles. The number of nitrogens with zero attached hydrogens (tertiary/aromatic N) is 2. The highest BCUT2D eigenvalue weighted by molar-refractivity contribution is 9.10. The van der Waals surface area contributed by atoms with Gasteiger partial charge in [-0.25, -0.2) is 13.8 Å². The average Bonchev–Trinajstić information content (AvgIpc) is 2.73. The van der Waals surface area contributed by atoms with Crippen molar-refractivity contribution in [1.29, 1.82) is 0 Å². The molecule has 0 radical (unpaired) electrons. The van der Waals surface area contributed by atoms with Crippen LogP contribution in [0.4, 0.5) is 8.78 Å². The molecule has 0 aliphatic heterocycles. The Morgan fingerprint density at radius 2 is 2.29 bits per heavy atom. The van der Waals surface area contributed by atoms with E-state index >= 15 is 0 Å². The molecule has 0 aromatic carbocycles. The minimum Gasteiger partial charge on any atom is -0.308 e. The molecule has 6 heteroatoms. The van der Waals surface area contributed by atoms with Gasteiger partial charge in [0.25, 0.3) is 0 Å². The van der Waals surface area contributed by atoms with Crippen LogP contribution in [0, 0.1) is 0 Å². The molecule has 1 fully saturated rings. The standard InChI is InChI=1S/C15H18BrF2N3/c16-11-4-6-21-10-13(20-14(21)7-11)9-19-12-3-1-2-5-15(17,18)8-12/h4,6-7,10,12,19H,1-3,5,8-9H2. The topological polar surface area (TPSA) is 29.3 Å². The quantitative estimate of drug-likeness (QED) is 0.836. The number of pyridine rings is 1. The molecule has 3 nitrogen and oxygen atoms in total. The number of halogens is 3. The minimum atomic E-state index is -2.53. The first-order valence-electron chi connectivity index (χ1n) is 7.26. The Labute approximate surface area is 130 Å². The summed E-state index contributed by atoms with van der Waals surface area (Å²) in [6.07, 6.45) is 6.12. The Hall–Kier alpha value is -1.01. The SMILES string of the molecule is FC1(F)CCCCC(NCc2cn3ccc(Br)cc3n2)C1. The first kappa shape index (κ1) is 14.9. The van der Waals surface area contributed by atoms with E-state index in [1.807, 2.05) is 28.9 Å². The summed E-state index contributed by atoms with van der Waals surface area (Å²) in [7, 11) is 0. The predicted molar refractivity (Wildman–Crippen MR) is 81.6 cm³/mol. The van der Waals surface area contributed by atoms with Crippen LogP contribution in [0.1, 0.15) is 37.8 Å². The van der Waals surface area contributed by atoms with Gasteiger partial charge in [0, 0.05) is 42.3 Å². The number of rotatable bonds is 3. The number of alkyl halides is 2. The van der Waals surface area contributed by atoms with Gasteiger partial charge in [-0.05, 0) is 25.0 Å². The van der Waals surface area contributed by atoms with Gasteiger partial charge >= 0.3 is 0 Å². The summed E-state index contributed by atoms with van der Waals surface area (Å²) >= 11 is 3.41. The van der Waals surface area contributed by atoms with Gasteiger partial charge in [0.05, 0.1) is 5.69 Å². The van der Waals surface area contributed by atoms with E-state index < -0.39 is 5.92 Å². The van der Waals surface area contributed by atoms with E-state index in [4.69, 9.17) is 0 Å². The van der Waals surface area contributed by atoms with Gasteiger partial charge in [-0.3, -0.25) is 0 Å². The molecule has 21 heavy (non-hydrogen) atoms. The molecule has 1 atom stereocenters. The largest absolute Gasteiger partial charge is 0.308 e. The maximum Gasteiger partial charge on any atom is 0.249 e. The lowest BCUT2D eigenvalue weighted by Crippen LogP contribution is -2.33. The Morgan fingerprint density at radius 1 is 1.43 bits per heavy atom. The fourth-order valence-electron chi connectivity index (χ4n) is 2.86. The summed E-state index contributed by atoms with van der Waals surface area (Å²) in [6.45, 7) is 0.528. The first-order valence-corrected chi connectivity index (χ1v) is 8.05. The third-order valence-corrected chi connectivity index (χ3v) is 4.43. The molecule has 2 heterocycles. The van der Waals surface area contributed by atoms with Crippen molar-refractivity contribution >= 4 is 21.6 Å². The summed E-state index contributed by atoms with van der Waals surface area (Å²) in [6, 6.07) is 3.75. The maximum absolute atomic E-state index is 13.6. The lowest BCUT2D eigenvalue weighted by molar-refractivity contribution is -0.0202. The van der Waals surface area contributed by atoms with Gasteiger partial charge in [0.15, 0.2) is 0 Å². The van der Waals surface area contributed by atoms with Gasteiger partial charge in [-0.1, -0.05) is 22.4 Å². The normalized spacial score (nSPS) is 22.3. The van der Waals surface area contributed by atoms with Crippen LogP contribution in [0.5, 0.6) is 0 Å². The molecule has 0 saturated heterocycles. The van der Waals surface area contributed by atoms with Crippen molar-refractivity contribution in [1.82, 2.24) is 14.7 Å². The molecule has 114 valence electrons. The summed E-state index contributed by atoms with van der Waals surface area (Å²) in [4.78, 5) is 4.50. The molecular formula is C15H18BrF2N3. The molecule has 1 unspecified atom stereocenters. The fourth-order valence-corrected chi connectivity index (χ4v) is 3.18. The highest BCUT2D eigenvalue weighted by atomic mass is 79.9. The van der Waals surface area contributed by atoms with Gasteiger partial charge < -0.3 is 9.72 Å². The summed E-state index contributed by atoms with van der Waals surface area (Å²) in [5.41, 5.74) is 1.73. The van der Waals surface area contributed by atoms with Crippen molar-refractivity contribution in [2.24, 2.45) is 0 Å². The van der Waals surface area contributed by atoms with Crippen LogP contribution < -0.4 is 5.32 Å². The highest BCUT2D eigenvalue weighted by Gasteiger charge is 2.34. The second-order valence-corrected chi connectivity index (χ2v) is 6.64. The van der Waals surface area contributed by atoms with Crippen molar-refractivity contribution < 1.29 is 8.78 Å². The van der Waals surface area contributed by atoms with Crippen molar-refractivity contribution in [3.05, 3.63) is 34.7 Å². The van der Waals surface area contributed by atoms with Gasteiger partial charge in [0.1, 0.15) is 5.65 Å². The molecule has 1 N–H and O–H groups in total. The van der Waals surface area contributed by atoms with Crippen molar-refractivity contribution in [3.63, 3.8) is 0 Å². The van der Waals surface area contributed by atoms with Crippen molar-refractivity contribution in [2.75, 3.05) is 0 Å². The molecule has 0 spiro atoms. The van der Waals surface area contributed by atoms with Gasteiger partial charge in [-0.2, -0.15) is 0 Å². The Kier molecular flexibility index (Phi) is 4.26. The van der Waals surface area contributed by atoms with E-state index in [0.29, 0.717) is 13.0 Å². The Morgan fingerprint density at radius 3 is 3.14 bits per heavy atom. The zero-order chi connectivity index (χ0) is 14.9. The Balaban J connectivity index is 1.65. The Bertz CT molecular complexity index is 626. The smallest absolute Gasteiger partial charge is 0.249 e. The van der Waals surface area contributed by atoms with E-state index in [1.165, 1.54) is 0 Å². The number of aromatic nitrogens is 2. The van der Waals surface area contributed by atoms with E-state index in [2.05, 4.69) is 26.2 Å². The van der Waals surface area contributed by atoms with Gasteiger partial charge in [0.2, 0.25) is 5.92 Å². The molecular weight excluding hydrogens is 340 g/mol. The average molecular weight is 358 g/mol. The van der Waals surface area contributed by atoms with Crippen LogP contribution in [0.25, 0.3) is 5.65 Å². The third kappa shape index (κ3) is 3.80. The molecule has 2 aromatic heterocycles. The highest BCUT2D eigenvalue weighted by Crippen LogP contribution is 2.32. The van der Waals surface area contributed by atoms with Crippen LogP contribution in [0.3, 0.4) is 0 Å². The van der Waals surface area contributed by atoms with Gasteiger partial charge in [-0.15, -0.1) is 0 Å². The number of nitrogens with one attached hydrogen (secondary N) is 1. The van der Waals surface area contributed by atoms with Crippen molar-refractivity contribution in [3.8, 4) is 0 Å². The molecule has 0 bridgehead atoms.